The molecule has 4 atom stereocenters. The van der Waals surface area contributed by atoms with Crippen molar-refractivity contribution in [2.24, 2.45) is 5.41 Å². The highest BCUT2D eigenvalue weighted by Crippen LogP contribution is 2.44. The van der Waals surface area contributed by atoms with E-state index in [1.165, 1.54) is 0 Å². The molecule has 0 spiro atoms. The van der Waals surface area contributed by atoms with E-state index >= 15 is 0 Å². The normalized spacial score (nSPS) is 29.0. The fraction of sp³-hybridized carbons (Fsp3) is 0.739. The van der Waals surface area contributed by atoms with E-state index in [2.05, 4.69) is 41.4 Å². The third kappa shape index (κ3) is 5.04. The molecule has 0 unspecified atom stereocenters. The van der Waals surface area contributed by atoms with Gasteiger partial charge in [0.2, 0.25) is 11.9 Å². The van der Waals surface area contributed by atoms with Gasteiger partial charge in [0.05, 0.1) is 37.4 Å². The summed E-state index contributed by atoms with van der Waals surface area (Å²) in [6, 6.07) is 1.56. The molecule has 3 heterocycles. The summed E-state index contributed by atoms with van der Waals surface area (Å²) in [6.45, 7) is 7.12. The molecule has 1 aliphatic carbocycles. The van der Waals surface area contributed by atoms with Gasteiger partial charge in [-0.2, -0.15) is 0 Å². The number of ether oxygens (including phenoxy) is 2. The summed E-state index contributed by atoms with van der Waals surface area (Å²) in [7, 11) is 0. The Hall–Kier alpha value is -2.26. The highest BCUT2D eigenvalue weighted by molar-refractivity contribution is 5.78. The minimum absolute atomic E-state index is 0.0454. The van der Waals surface area contributed by atoms with Crippen LogP contribution in [0.2, 0.25) is 0 Å². The molecule has 0 radical (unpaired) electrons. The smallest absolute Gasteiger partial charge is 0.303 e. The minimum Gasteiger partial charge on any atom is -0.481 e. The maximum atomic E-state index is 12.8. The van der Waals surface area contributed by atoms with Gasteiger partial charge < -0.3 is 25.2 Å². The molecular formula is C23H34N4O5. The van der Waals surface area contributed by atoms with Crippen LogP contribution in [0.4, 0.5) is 5.95 Å². The van der Waals surface area contributed by atoms with E-state index in [0.29, 0.717) is 19.2 Å². The lowest BCUT2D eigenvalue weighted by atomic mass is 9.79. The third-order valence-corrected chi connectivity index (χ3v) is 6.86. The summed E-state index contributed by atoms with van der Waals surface area (Å²) in [5, 5.41) is 15.7. The number of hydrogen-bond acceptors (Lipinski definition) is 7. The van der Waals surface area contributed by atoms with Gasteiger partial charge in [0.25, 0.3) is 0 Å². The molecule has 176 valence electrons. The predicted molar refractivity (Wildman–Crippen MR) is 117 cm³/mol. The highest BCUT2D eigenvalue weighted by Gasteiger charge is 2.49. The van der Waals surface area contributed by atoms with Crippen molar-refractivity contribution in [3.8, 4) is 0 Å². The monoisotopic (exact) mass is 446 g/mol. The average molecular weight is 447 g/mol. The van der Waals surface area contributed by atoms with Crippen molar-refractivity contribution in [2.75, 3.05) is 18.5 Å². The Morgan fingerprint density at radius 1 is 1.12 bits per heavy atom. The van der Waals surface area contributed by atoms with E-state index in [4.69, 9.17) is 9.47 Å². The number of nitrogens with one attached hydrogen (secondary N) is 2. The van der Waals surface area contributed by atoms with Gasteiger partial charge in [-0.3, -0.25) is 9.59 Å². The third-order valence-electron chi connectivity index (χ3n) is 6.86. The molecule has 32 heavy (non-hydrogen) atoms. The Morgan fingerprint density at radius 2 is 1.78 bits per heavy atom. The maximum Gasteiger partial charge on any atom is 0.303 e. The van der Waals surface area contributed by atoms with Gasteiger partial charge in [-0.25, -0.2) is 9.97 Å². The number of fused-ring (bicyclic) bond motifs is 1. The van der Waals surface area contributed by atoms with Crippen LogP contribution in [0, 0.1) is 5.41 Å². The quantitative estimate of drug-likeness (QED) is 0.583. The second-order valence-corrected chi connectivity index (χ2v) is 10.5. The predicted octanol–water partition coefficient (Wildman–Crippen LogP) is 2.26. The lowest BCUT2D eigenvalue weighted by Gasteiger charge is -2.27. The number of carbonyl (C=O) groups is 2. The van der Waals surface area contributed by atoms with Crippen LogP contribution < -0.4 is 10.6 Å². The summed E-state index contributed by atoms with van der Waals surface area (Å²) < 4.78 is 12.0. The number of carboxylic acid groups (broad SMARTS) is 1. The minimum atomic E-state index is -0.838. The SMILES string of the molecule is CC(C)(C)c1ccnc(N[C@@H]2CO[C@@H]3[C@@H]2OC[C@@H]3NC(=O)CC2(CC(=O)O)CCCC2)n1. The van der Waals surface area contributed by atoms with Crippen molar-refractivity contribution in [1.82, 2.24) is 15.3 Å². The topological polar surface area (TPSA) is 123 Å². The highest BCUT2D eigenvalue weighted by atomic mass is 16.6. The standard InChI is InChI=1S/C23H34N4O5/c1-22(2,3)16-6-9-24-21(27-16)26-15-13-32-19-14(12-31-20(15)19)25-17(28)10-23(11-18(29)30)7-4-5-8-23/h6,9,14-15,19-20H,4-5,7-8,10-13H2,1-3H3,(H,25,28)(H,29,30)(H,24,26,27)/t14-,15+,19-,20+/m0/s1. The Kier molecular flexibility index (Phi) is 6.40. The summed E-state index contributed by atoms with van der Waals surface area (Å²) in [5.41, 5.74) is 0.445. The summed E-state index contributed by atoms with van der Waals surface area (Å²) >= 11 is 0. The number of rotatable bonds is 7. The fourth-order valence-electron chi connectivity index (χ4n) is 5.22. The van der Waals surface area contributed by atoms with Crippen LogP contribution in [0.25, 0.3) is 0 Å². The number of nitrogens with zero attached hydrogens (tertiary/aromatic N) is 2. The number of hydrogen-bond donors (Lipinski definition) is 3. The first-order valence-corrected chi connectivity index (χ1v) is 11.5. The van der Waals surface area contributed by atoms with Crippen LogP contribution in [0.5, 0.6) is 0 Å². The van der Waals surface area contributed by atoms with Crippen molar-refractivity contribution in [3.63, 3.8) is 0 Å². The van der Waals surface area contributed by atoms with Crippen molar-refractivity contribution in [2.45, 2.75) is 89.0 Å². The van der Waals surface area contributed by atoms with E-state index in [9.17, 15) is 14.7 Å². The van der Waals surface area contributed by atoms with Gasteiger partial charge in [-0.15, -0.1) is 0 Å². The van der Waals surface area contributed by atoms with Crippen LogP contribution in [-0.2, 0) is 24.5 Å². The van der Waals surface area contributed by atoms with Crippen LogP contribution in [0.15, 0.2) is 12.3 Å². The van der Waals surface area contributed by atoms with E-state index in [-0.39, 0.29) is 48.5 Å². The molecule has 4 rings (SSSR count). The lowest BCUT2D eigenvalue weighted by molar-refractivity contribution is -0.140. The van der Waals surface area contributed by atoms with Gasteiger partial charge >= 0.3 is 5.97 Å². The molecule has 3 aliphatic rings. The summed E-state index contributed by atoms with van der Waals surface area (Å²) in [5.74, 6) is -0.419. The molecular weight excluding hydrogens is 412 g/mol. The van der Waals surface area contributed by atoms with Crippen LogP contribution >= 0.6 is 0 Å². The number of aromatic nitrogens is 2. The molecule has 1 saturated carbocycles. The largest absolute Gasteiger partial charge is 0.481 e. The molecule has 2 saturated heterocycles. The van der Waals surface area contributed by atoms with E-state index < -0.39 is 11.4 Å². The zero-order valence-corrected chi connectivity index (χ0v) is 19.1. The second-order valence-electron chi connectivity index (χ2n) is 10.5. The molecule has 3 fully saturated rings. The number of anilines is 1. The Labute approximate surface area is 188 Å². The molecule has 2 aliphatic heterocycles. The first-order valence-electron chi connectivity index (χ1n) is 11.5. The first-order chi connectivity index (χ1) is 15.2. The number of aliphatic carboxylic acids is 1. The molecule has 1 amide bonds. The van der Waals surface area contributed by atoms with Crippen LogP contribution in [0.3, 0.4) is 0 Å². The maximum absolute atomic E-state index is 12.8. The van der Waals surface area contributed by atoms with Crippen LogP contribution in [0.1, 0.15) is 65.0 Å². The van der Waals surface area contributed by atoms with Gasteiger partial charge in [-0.1, -0.05) is 33.6 Å². The lowest BCUT2D eigenvalue weighted by Crippen LogP contribution is -2.46. The zero-order chi connectivity index (χ0) is 22.9. The first kappa shape index (κ1) is 22.9. The van der Waals surface area contributed by atoms with Crippen molar-refractivity contribution in [1.29, 1.82) is 0 Å². The Bertz CT molecular complexity index is 849. The Morgan fingerprint density at radius 3 is 2.44 bits per heavy atom. The van der Waals surface area contributed by atoms with Gasteiger partial charge in [0, 0.05) is 18.0 Å². The number of carbonyl (C=O) groups excluding carboxylic acids is 1. The second kappa shape index (κ2) is 8.94. The van der Waals surface area contributed by atoms with Crippen LogP contribution in [-0.4, -0.2) is 64.5 Å². The van der Waals surface area contributed by atoms with Gasteiger partial charge in [0.1, 0.15) is 12.2 Å². The Balaban J connectivity index is 1.34. The van der Waals surface area contributed by atoms with Crippen molar-refractivity contribution < 1.29 is 24.2 Å². The van der Waals surface area contributed by atoms with E-state index in [0.717, 1.165) is 31.4 Å². The summed E-state index contributed by atoms with van der Waals surface area (Å²) in [4.78, 5) is 33.1. The molecule has 1 aromatic heterocycles. The summed E-state index contributed by atoms with van der Waals surface area (Å²) in [6.07, 6.45) is 5.11. The molecule has 1 aromatic rings. The van der Waals surface area contributed by atoms with E-state index in [1.54, 1.807) is 6.20 Å². The molecule has 3 N–H and O–H groups in total. The molecule has 9 nitrogen and oxygen atoms in total. The van der Waals surface area contributed by atoms with Crippen molar-refractivity contribution in [3.05, 3.63) is 18.0 Å². The average Bonchev–Trinajstić information content (AvgIpc) is 3.40. The molecule has 0 aromatic carbocycles. The fourth-order valence-corrected chi connectivity index (χ4v) is 5.22. The number of carboxylic acids is 1. The molecule has 9 heteroatoms. The zero-order valence-electron chi connectivity index (χ0n) is 19.1. The van der Waals surface area contributed by atoms with E-state index in [1.807, 2.05) is 6.07 Å². The van der Waals surface area contributed by atoms with Gasteiger partial charge in [-0.05, 0) is 24.3 Å². The van der Waals surface area contributed by atoms with Gasteiger partial charge in [0.15, 0.2) is 0 Å². The molecule has 0 bridgehead atoms. The van der Waals surface area contributed by atoms with Crippen molar-refractivity contribution >= 4 is 17.8 Å². The number of amides is 1.